The third-order valence-corrected chi connectivity index (χ3v) is 4.21. The molecule has 0 spiro atoms. The van der Waals surface area contributed by atoms with Crippen LogP contribution in [0.15, 0.2) is 28.7 Å². The maximum Gasteiger partial charge on any atom is 0.0177 e. The van der Waals surface area contributed by atoms with E-state index < -0.39 is 0 Å². The molecule has 5 heteroatoms. The van der Waals surface area contributed by atoms with Crippen LogP contribution in [0.3, 0.4) is 0 Å². The molecule has 0 unspecified atom stereocenters. The molecule has 4 N–H and O–H groups in total. The highest BCUT2D eigenvalue weighted by atomic mass is 79.9. The quantitative estimate of drug-likeness (QED) is 0.639. The normalized spacial score (nSPS) is 20.2. The molecule has 1 aliphatic rings. The van der Waals surface area contributed by atoms with Gasteiger partial charge in [0.15, 0.2) is 0 Å². The maximum atomic E-state index is 3.57. The lowest BCUT2D eigenvalue weighted by molar-refractivity contribution is 0.441. The van der Waals surface area contributed by atoms with Gasteiger partial charge in [0.1, 0.15) is 0 Å². The third-order valence-electron chi connectivity index (χ3n) is 3.72. The topological polar surface area (TPSA) is 48.1 Å². The Balaban J connectivity index is 1.84. The summed E-state index contributed by atoms with van der Waals surface area (Å²) in [7, 11) is 0. The fraction of sp³-hybridized carbons (Fsp3) is 0.625. The van der Waals surface area contributed by atoms with Crippen LogP contribution in [0.4, 0.5) is 0 Å². The molecule has 118 valence electrons. The van der Waals surface area contributed by atoms with Crippen molar-refractivity contribution in [2.45, 2.75) is 6.42 Å². The average Bonchev–Trinajstić information content (AvgIpc) is 2.49. The van der Waals surface area contributed by atoms with Gasteiger partial charge in [0.2, 0.25) is 0 Å². The van der Waals surface area contributed by atoms with Crippen molar-refractivity contribution in [1.82, 2.24) is 21.3 Å². The minimum atomic E-state index is 0.625. The summed E-state index contributed by atoms with van der Waals surface area (Å²) in [6.07, 6.45) is 1.11. The average molecular weight is 355 g/mol. The van der Waals surface area contributed by atoms with Crippen LogP contribution in [0.5, 0.6) is 0 Å². The van der Waals surface area contributed by atoms with Crippen molar-refractivity contribution >= 4 is 15.9 Å². The summed E-state index contributed by atoms with van der Waals surface area (Å²) >= 11 is 3.56. The van der Waals surface area contributed by atoms with E-state index in [1.54, 1.807) is 0 Å². The Morgan fingerprint density at radius 3 is 2.00 bits per heavy atom. The van der Waals surface area contributed by atoms with Gasteiger partial charge in [-0.15, -0.1) is 0 Å². The van der Waals surface area contributed by atoms with Gasteiger partial charge < -0.3 is 21.3 Å². The van der Waals surface area contributed by atoms with Gasteiger partial charge in [-0.2, -0.15) is 0 Å². The first kappa shape index (κ1) is 16.9. The van der Waals surface area contributed by atoms with Crippen molar-refractivity contribution in [3.05, 3.63) is 34.3 Å². The molecule has 1 saturated heterocycles. The van der Waals surface area contributed by atoms with Crippen LogP contribution in [0.1, 0.15) is 5.56 Å². The molecule has 0 atom stereocenters. The van der Waals surface area contributed by atoms with E-state index in [0.29, 0.717) is 5.92 Å². The highest BCUT2D eigenvalue weighted by molar-refractivity contribution is 9.10. The van der Waals surface area contributed by atoms with Gasteiger partial charge >= 0.3 is 0 Å². The molecule has 0 aliphatic carbocycles. The molecule has 0 saturated carbocycles. The summed E-state index contributed by atoms with van der Waals surface area (Å²) < 4.78 is 1.17. The Bertz CT molecular complexity index is 386. The van der Waals surface area contributed by atoms with E-state index in [1.165, 1.54) is 10.0 Å². The first-order valence-electron chi connectivity index (χ1n) is 7.92. The summed E-state index contributed by atoms with van der Waals surface area (Å²) in [4.78, 5) is 0. The zero-order valence-electron chi connectivity index (χ0n) is 12.6. The summed E-state index contributed by atoms with van der Waals surface area (Å²) in [5.41, 5.74) is 1.40. The molecule has 2 rings (SSSR count). The maximum absolute atomic E-state index is 3.57. The van der Waals surface area contributed by atoms with E-state index in [0.717, 1.165) is 58.8 Å². The van der Waals surface area contributed by atoms with E-state index >= 15 is 0 Å². The van der Waals surface area contributed by atoms with E-state index in [1.807, 2.05) is 0 Å². The predicted molar refractivity (Wildman–Crippen MR) is 92.8 cm³/mol. The lowest BCUT2D eigenvalue weighted by Gasteiger charge is -2.18. The van der Waals surface area contributed by atoms with Crippen molar-refractivity contribution in [3.63, 3.8) is 0 Å². The van der Waals surface area contributed by atoms with Gasteiger partial charge in [0, 0.05) is 43.7 Å². The molecule has 4 nitrogen and oxygen atoms in total. The SMILES string of the molecule is Brc1cccc(CC2CNCCNCCNCCNC2)c1. The monoisotopic (exact) mass is 354 g/mol. The van der Waals surface area contributed by atoms with E-state index in [9.17, 15) is 0 Å². The smallest absolute Gasteiger partial charge is 0.0177 e. The first-order chi connectivity index (χ1) is 10.3. The van der Waals surface area contributed by atoms with Crippen LogP contribution in [0.2, 0.25) is 0 Å². The molecule has 21 heavy (non-hydrogen) atoms. The minimum absolute atomic E-state index is 0.625. The van der Waals surface area contributed by atoms with Crippen LogP contribution in [0.25, 0.3) is 0 Å². The van der Waals surface area contributed by atoms with Crippen LogP contribution >= 0.6 is 15.9 Å². The number of nitrogens with one attached hydrogen (secondary N) is 4. The number of hydrogen-bond donors (Lipinski definition) is 4. The molecule has 0 amide bonds. The number of rotatable bonds is 2. The zero-order chi connectivity index (χ0) is 14.8. The van der Waals surface area contributed by atoms with E-state index in [2.05, 4.69) is 61.5 Å². The Hall–Kier alpha value is -0.460. The van der Waals surface area contributed by atoms with Gasteiger partial charge in [-0.3, -0.25) is 0 Å². The van der Waals surface area contributed by atoms with Crippen molar-refractivity contribution in [2.24, 2.45) is 5.92 Å². The summed E-state index contributed by atoms with van der Waals surface area (Å²) in [5, 5.41) is 14.0. The number of halogens is 1. The molecule has 0 bridgehead atoms. The third kappa shape index (κ3) is 7.38. The molecule has 0 aromatic heterocycles. The molecular weight excluding hydrogens is 328 g/mol. The molecule has 1 aromatic rings. The van der Waals surface area contributed by atoms with Crippen LogP contribution in [0, 0.1) is 5.92 Å². The van der Waals surface area contributed by atoms with Gasteiger partial charge in [-0.25, -0.2) is 0 Å². The van der Waals surface area contributed by atoms with Crippen molar-refractivity contribution in [1.29, 1.82) is 0 Å². The number of benzene rings is 1. The van der Waals surface area contributed by atoms with Gasteiger partial charge in [0.25, 0.3) is 0 Å². The highest BCUT2D eigenvalue weighted by Crippen LogP contribution is 2.14. The standard InChI is InChI=1S/C16H27BrN4/c17-16-3-1-2-14(11-16)10-15-12-20-8-6-18-4-5-19-7-9-21-13-15/h1-3,11,15,18-21H,4-10,12-13H2. The Labute approximate surface area is 136 Å². The highest BCUT2D eigenvalue weighted by Gasteiger charge is 2.10. The van der Waals surface area contributed by atoms with Crippen LogP contribution < -0.4 is 21.3 Å². The van der Waals surface area contributed by atoms with Crippen LogP contribution in [-0.4, -0.2) is 52.4 Å². The molecular formula is C16H27BrN4. The molecule has 0 radical (unpaired) electrons. The Morgan fingerprint density at radius 2 is 1.43 bits per heavy atom. The molecule has 1 heterocycles. The first-order valence-corrected chi connectivity index (χ1v) is 8.71. The van der Waals surface area contributed by atoms with Gasteiger partial charge in [0.05, 0.1) is 0 Å². The lowest BCUT2D eigenvalue weighted by atomic mass is 9.99. The second kappa shape index (κ2) is 10.3. The largest absolute Gasteiger partial charge is 0.315 e. The summed E-state index contributed by atoms with van der Waals surface area (Å²) in [6.45, 7) is 8.37. The molecule has 1 aromatic carbocycles. The van der Waals surface area contributed by atoms with E-state index in [4.69, 9.17) is 0 Å². The second-order valence-electron chi connectivity index (χ2n) is 5.61. The molecule has 1 aliphatic heterocycles. The van der Waals surface area contributed by atoms with Crippen molar-refractivity contribution < 1.29 is 0 Å². The Morgan fingerprint density at radius 1 is 0.857 bits per heavy atom. The van der Waals surface area contributed by atoms with Crippen molar-refractivity contribution in [3.8, 4) is 0 Å². The van der Waals surface area contributed by atoms with E-state index in [-0.39, 0.29) is 0 Å². The van der Waals surface area contributed by atoms with Gasteiger partial charge in [-0.1, -0.05) is 28.1 Å². The van der Waals surface area contributed by atoms with Crippen LogP contribution in [-0.2, 0) is 6.42 Å². The fourth-order valence-electron chi connectivity index (χ4n) is 2.61. The number of hydrogen-bond acceptors (Lipinski definition) is 4. The lowest BCUT2D eigenvalue weighted by Crippen LogP contribution is -2.36. The van der Waals surface area contributed by atoms with Crippen molar-refractivity contribution in [2.75, 3.05) is 52.4 Å². The van der Waals surface area contributed by atoms with Gasteiger partial charge in [-0.05, 0) is 43.1 Å². The summed E-state index contributed by atoms with van der Waals surface area (Å²) in [5.74, 6) is 0.625. The fourth-order valence-corrected chi connectivity index (χ4v) is 3.05. The summed E-state index contributed by atoms with van der Waals surface area (Å²) in [6, 6.07) is 8.65. The Kier molecular flexibility index (Phi) is 8.29. The predicted octanol–water partition coefficient (Wildman–Crippen LogP) is 0.980. The minimum Gasteiger partial charge on any atom is -0.315 e. The second-order valence-corrected chi connectivity index (χ2v) is 6.52. The molecule has 1 fully saturated rings. The zero-order valence-corrected chi connectivity index (χ0v) is 14.2.